The van der Waals surface area contributed by atoms with Gasteiger partial charge in [-0.2, -0.15) is 13.2 Å². The minimum atomic E-state index is -5.08. The number of hydrogen-bond acceptors (Lipinski definition) is 7. The van der Waals surface area contributed by atoms with Crippen LogP contribution in [0.15, 0.2) is 5.38 Å². The zero-order valence-electron chi connectivity index (χ0n) is 17.1. The number of carboxylic acids is 1. The largest absolute Gasteiger partial charge is 0.490 e. The Morgan fingerprint density at radius 2 is 2.13 bits per heavy atom. The maximum absolute atomic E-state index is 11.7. The number of alkyl halides is 3. The van der Waals surface area contributed by atoms with Gasteiger partial charge < -0.3 is 19.5 Å². The highest BCUT2D eigenvalue weighted by atomic mass is 32.1. The summed E-state index contributed by atoms with van der Waals surface area (Å²) in [5.74, 6) is -2.27. The van der Waals surface area contributed by atoms with Crippen LogP contribution in [0.5, 0.6) is 0 Å². The summed E-state index contributed by atoms with van der Waals surface area (Å²) >= 11 is 1.72. The number of ether oxygens (including phenoxy) is 2. The highest BCUT2D eigenvalue weighted by molar-refractivity contribution is 7.09. The van der Waals surface area contributed by atoms with E-state index in [0.717, 1.165) is 38.5 Å². The van der Waals surface area contributed by atoms with Crippen molar-refractivity contribution in [3.63, 3.8) is 0 Å². The minimum Gasteiger partial charge on any atom is -0.475 e. The Hall–Kier alpha value is -1.76. The van der Waals surface area contributed by atoms with Gasteiger partial charge in [0, 0.05) is 49.6 Å². The Kier molecular flexibility index (Phi) is 8.20. The van der Waals surface area contributed by atoms with E-state index in [9.17, 15) is 18.0 Å². The predicted octanol–water partition coefficient (Wildman–Crippen LogP) is 1.64. The van der Waals surface area contributed by atoms with Crippen LogP contribution in [-0.4, -0.2) is 91.6 Å². The maximum Gasteiger partial charge on any atom is 0.490 e. The average Bonchev–Trinajstić information content (AvgIpc) is 3.29. The van der Waals surface area contributed by atoms with Gasteiger partial charge in [-0.25, -0.2) is 9.78 Å². The van der Waals surface area contributed by atoms with E-state index in [2.05, 4.69) is 15.3 Å². The van der Waals surface area contributed by atoms with E-state index >= 15 is 0 Å². The lowest BCUT2D eigenvalue weighted by molar-refractivity contribution is -0.192. The molecular weight excluding hydrogens is 427 g/mol. The van der Waals surface area contributed by atoms with Gasteiger partial charge in [0.25, 0.3) is 0 Å². The van der Waals surface area contributed by atoms with E-state index in [1.54, 1.807) is 30.3 Å². The fraction of sp³-hybridized carbons (Fsp3) is 0.722. The van der Waals surface area contributed by atoms with Crippen LogP contribution < -0.4 is 0 Å². The molecule has 2 fully saturated rings. The zero-order valence-corrected chi connectivity index (χ0v) is 17.9. The number of amides is 1. The Morgan fingerprint density at radius 1 is 1.47 bits per heavy atom. The van der Waals surface area contributed by atoms with Gasteiger partial charge in [0.05, 0.1) is 26.4 Å². The second kappa shape index (κ2) is 10.0. The van der Waals surface area contributed by atoms with Crippen molar-refractivity contribution in [2.24, 2.45) is 11.3 Å². The number of fused-ring (bicyclic) bond motifs is 1. The number of aliphatic carboxylic acids is 1. The molecule has 2 aliphatic rings. The van der Waals surface area contributed by atoms with E-state index in [1.165, 1.54) is 5.01 Å². The van der Waals surface area contributed by atoms with Crippen LogP contribution in [0.3, 0.4) is 0 Å². The number of aromatic nitrogens is 1. The van der Waals surface area contributed by atoms with Gasteiger partial charge in [0.1, 0.15) is 11.6 Å². The number of halogens is 3. The molecule has 1 N–H and O–H groups in total. The molecule has 0 aliphatic carbocycles. The number of likely N-dealkylation sites (N-methyl/N-ethyl adjacent to an activating group) is 1. The second-order valence-electron chi connectivity index (χ2n) is 7.71. The summed E-state index contributed by atoms with van der Waals surface area (Å²) in [4.78, 5) is 29.1. The van der Waals surface area contributed by atoms with Crippen LogP contribution in [0.4, 0.5) is 13.2 Å². The highest BCUT2D eigenvalue weighted by Gasteiger charge is 2.50. The Balaban J connectivity index is 0.000000396. The number of carbonyl (C=O) groups excluding carboxylic acids is 1. The summed E-state index contributed by atoms with van der Waals surface area (Å²) in [6.45, 7) is 7.14. The first-order valence-corrected chi connectivity index (χ1v) is 10.1. The summed E-state index contributed by atoms with van der Waals surface area (Å²) in [5, 5.41) is 10.4. The van der Waals surface area contributed by atoms with Gasteiger partial charge in [-0.15, -0.1) is 11.3 Å². The lowest BCUT2D eigenvalue weighted by Gasteiger charge is -2.27. The van der Waals surface area contributed by atoms with Gasteiger partial charge in [0.2, 0.25) is 5.91 Å². The van der Waals surface area contributed by atoms with Crippen molar-refractivity contribution in [3.8, 4) is 0 Å². The summed E-state index contributed by atoms with van der Waals surface area (Å²) in [6, 6.07) is 0. The third-order valence-corrected chi connectivity index (χ3v) is 5.92. The summed E-state index contributed by atoms with van der Waals surface area (Å²) in [6.07, 6.45) is -5.08. The van der Waals surface area contributed by atoms with E-state index < -0.39 is 12.1 Å². The molecule has 2 atom stereocenters. The topological polar surface area (TPSA) is 92.2 Å². The molecule has 30 heavy (non-hydrogen) atoms. The number of carboxylic acid groups (broad SMARTS) is 1. The number of hydrogen-bond donors (Lipinski definition) is 1. The van der Waals surface area contributed by atoms with Crippen LogP contribution in [0.2, 0.25) is 0 Å². The minimum absolute atomic E-state index is 0.00461. The number of nitrogens with zero attached hydrogens (tertiary/aromatic N) is 3. The standard InChI is InChI=1S/C16H25N3O3S.C2HF3O2/c1-12-8-23-14(17-12)5-19-4-13-6-21-10-16(13,9-19)11-22-7-15(20)18(2)3;3-2(4,5)1(6)7/h8,13H,4-7,9-11H2,1-3H3;(H,6,7)/t13-,16+;/m1./s1. The number of carbonyl (C=O) groups is 2. The first-order chi connectivity index (χ1) is 13.9. The van der Waals surface area contributed by atoms with Crippen LogP contribution in [0.1, 0.15) is 10.7 Å². The van der Waals surface area contributed by atoms with Gasteiger partial charge >= 0.3 is 12.1 Å². The first kappa shape index (κ1) is 24.5. The molecule has 0 spiro atoms. The third-order valence-electron chi connectivity index (χ3n) is 4.97. The zero-order chi connectivity index (χ0) is 22.5. The van der Waals surface area contributed by atoms with Crippen molar-refractivity contribution in [3.05, 3.63) is 16.1 Å². The molecule has 0 bridgehead atoms. The second-order valence-corrected chi connectivity index (χ2v) is 8.65. The van der Waals surface area contributed by atoms with Crippen LogP contribution in [0, 0.1) is 18.3 Å². The molecule has 3 heterocycles. The van der Waals surface area contributed by atoms with E-state index in [0.29, 0.717) is 12.5 Å². The molecule has 12 heteroatoms. The van der Waals surface area contributed by atoms with Crippen molar-refractivity contribution >= 4 is 23.2 Å². The molecule has 3 rings (SSSR count). The fourth-order valence-electron chi connectivity index (χ4n) is 3.40. The molecule has 1 aromatic heterocycles. The Labute approximate surface area is 176 Å². The number of rotatable bonds is 6. The molecule has 0 saturated carbocycles. The number of aryl methyl sites for hydroxylation is 1. The molecule has 0 radical (unpaired) electrons. The molecule has 0 unspecified atom stereocenters. The molecule has 0 aromatic carbocycles. The van der Waals surface area contributed by atoms with Crippen molar-refractivity contribution < 1.29 is 37.3 Å². The van der Waals surface area contributed by atoms with Gasteiger partial charge in [0.15, 0.2) is 0 Å². The SMILES string of the molecule is Cc1csc(CN2C[C@@H]3COC[C@]3(COCC(=O)N(C)C)C2)n1.O=C(O)C(F)(F)F. The average molecular weight is 453 g/mol. The quantitative estimate of drug-likeness (QED) is 0.700. The molecule has 2 aliphatic heterocycles. The van der Waals surface area contributed by atoms with Crippen LogP contribution >= 0.6 is 11.3 Å². The monoisotopic (exact) mass is 453 g/mol. The van der Waals surface area contributed by atoms with Gasteiger partial charge in [-0.05, 0) is 6.92 Å². The fourth-order valence-corrected chi connectivity index (χ4v) is 4.22. The molecular formula is C18H26F3N3O5S. The van der Waals surface area contributed by atoms with E-state index in [4.69, 9.17) is 19.4 Å². The predicted molar refractivity (Wildman–Crippen MR) is 102 cm³/mol. The van der Waals surface area contributed by atoms with Crippen molar-refractivity contribution in [2.75, 3.05) is 53.6 Å². The summed E-state index contributed by atoms with van der Waals surface area (Å²) < 4.78 is 43.2. The molecule has 2 saturated heterocycles. The Bertz CT molecular complexity index is 743. The van der Waals surface area contributed by atoms with Crippen LogP contribution in [-0.2, 0) is 25.6 Å². The third kappa shape index (κ3) is 6.62. The van der Waals surface area contributed by atoms with E-state index in [-0.39, 0.29) is 17.9 Å². The van der Waals surface area contributed by atoms with Crippen molar-refractivity contribution in [1.82, 2.24) is 14.8 Å². The van der Waals surface area contributed by atoms with E-state index in [1.807, 2.05) is 6.92 Å². The molecule has 170 valence electrons. The lowest BCUT2D eigenvalue weighted by Crippen LogP contribution is -2.37. The first-order valence-electron chi connectivity index (χ1n) is 9.22. The smallest absolute Gasteiger partial charge is 0.475 e. The van der Waals surface area contributed by atoms with Gasteiger partial charge in [-0.3, -0.25) is 9.69 Å². The summed E-state index contributed by atoms with van der Waals surface area (Å²) in [7, 11) is 3.50. The Morgan fingerprint density at radius 3 is 2.67 bits per heavy atom. The summed E-state index contributed by atoms with van der Waals surface area (Å²) in [5.41, 5.74) is 1.12. The maximum atomic E-state index is 11.7. The number of thiazole rings is 1. The van der Waals surface area contributed by atoms with Crippen molar-refractivity contribution in [1.29, 1.82) is 0 Å². The van der Waals surface area contributed by atoms with Crippen molar-refractivity contribution in [2.45, 2.75) is 19.6 Å². The molecule has 1 aromatic rings. The molecule has 1 amide bonds. The van der Waals surface area contributed by atoms with Gasteiger partial charge in [-0.1, -0.05) is 0 Å². The lowest BCUT2D eigenvalue weighted by atomic mass is 9.82. The molecule has 8 nitrogen and oxygen atoms in total. The van der Waals surface area contributed by atoms with Crippen LogP contribution in [0.25, 0.3) is 0 Å². The highest BCUT2D eigenvalue weighted by Crippen LogP contribution is 2.42. The number of likely N-dealkylation sites (tertiary alicyclic amines) is 1. The normalized spacial score (nSPS) is 23.6.